The van der Waals surface area contributed by atoms with Gasteiger partial charge in [0.1, 0.15) is 5.82 Å². The Bertz CT molecular complexity index is 948. The molecule has 2 heterocycles. The van der Waals surface area contributed by atoms with Crippen molar-refractivity contribution in [3.05, 3.63) is 53.1 Å². The largest absolute Gasteiger partial charge is 0.268 e. The number of carbonyl (C=O) groups is 1. The minimum atomic E-state index is 0.0425. The van der Waals surface area contributed by atoms with Gasteiger partial charge in [-0.1, -0.05) is 58.0 Å². The molecular formula is C20H20N2O. The second-order valence-electron chi connectivity index (χ2n) is 6.87. The Kier molecular flexibility index (Phi) is 2.95. The lowest BCUT2D eigenvalue weighted by Gasteiger charge is -2.13. The minimum Gasteiger partial charge on any atom is -0.268 e. The lowest BCUT2D eigenvalue weighted by atomic mass is 9.94. The van der Waals surface area contributed by atoms with Gasteiger partial charge in [0.15, 0.2) is 0 Å². The molecule has 0 saturated carbocycles. The van der Waals surface area contributed by atoms with Gasteiger partial charge < -0.3 is 0 Å². The number of rotatable bonds is 2. The Morgan fingerprint density at radius 3 is 2.13 bits per heavy atom. The lowest BCUT2D eigenvalue weighted by molar-refractivity contribution is 0.0973. The van der Waals surface area contributed by atoms with E-state index in [1.54, 1.807) is 0 Å². The molecule has 0 bridgehead atoms. The molecule has 0 radical (unpaired) electrons. The third-order valence-electron chi connectivity index (χ3n) is 4.71. The van der Waals surface area contributed by atoms with Crippen LogP contribution in [0.2, 0.25) is 0 Å². The molecule has 3 aromatic rings. The SMILES string of the molecule is CC(C)c1ccc(C(C)C)c2c1nc1n2C(=O)c2ccccc2-1. The average molecular weight is 304 g/mol. The molecule has 23 heavy (non-hydrogen) atoms. The van der Waals surface area contributed by atoms with E-state index in [1.165, 1.54) is 11.1 Å². The fourth-order valence-electron chi connectivity index (χ4n) is 3.52. The zero-order chi connectivity index (χ0) is 16.3. The quantitative estimate of drug-likeness (QED) is 0.525. The number of hydrogen-bond donors (Lipinski definition) is 0. The minimum absolute atomic E-state index is 0.0425. The summed E-state index contributed by atoms with van der Waals surface area (Å²) in [6.45, 7) is 8.67. The molecule has 0 N–H and O–H groups in total. The summed E-state index contributed by atoms with van der Waals surface area (Å²) in [4.78, 5) is 17.8. The summed E-state index contributed by atoms with van der Waals surface area (Å²) < 4.78 is 1.82. The maximum Gasteiger partial charge on any atom is 0.264 e. The van der Waals surface area contributed by atoms with Crippen LogP contribution in [0.1, 0.15) is 61.0 Å². The van der Waals surface area contributed by atoms with Crippen molar-refractivity contribution in [1.82, 2.24) is 9.55 Å². The zero-order valence-electron chi connectivity index (χ0n) is 13.9. The number of nitrogens with zero attached hydrogens (tertiary/aromatic N) is 2. The summed E-state index contributed by atoms with van der Waals surface area (Å²) in [5, 5.41) is 0. The standard InChI is InChI=1S/C20H20N2O/c1-11(2)13-9-10-14(12(3)4)18-17(13)21-19-15-7-5-6-8-16(15)20(23)22(18)19/h5-12H,1-4H3. The molecule has 1 aliphatic heterocycles. The predicted molar refractivity (Wildman–Crippen MR) is 93.1 cm³/mol. The van der Waals surface area contributed by atoms with Crippen molar-refractivity contribution in [2.24, 2.45) is 0 Å². The summed E-state index contributed by atoms with van der Waals surface area (Å²) in [6, 6.07) is 12.1. The van der Waals surface area contributed by atoms with Gasteiger partial charge in [0.2, 0.25) is 0 Å². The third kappa shape index (κ3) is 1.83. The van der Waals surface area contributed by atoms with Crippen molar-refractivity contribution in [3.8, 4) is 11.4 Å². The Balaban J connectivity index is 2.15. The van der Waals surface area contributed by atoms with Crippen molar-refractivity contribution < 1.29 is 4.79 Å². The van der Waals surface area contributed by atoms with Gasteiger partial charge in [0, 0.05) is 5.56 Å². The Labute approximate surface area is 136 Å². The van der Waals surface area contributed by atoms with Crippen molar-refractivity contribution in [1.29, 1.82) is 0 Å². The van der Waals surface area contributed by atoms with Crippen LogP contribution >= 0.6 is 0 Å². The maximum absolute atomic E-state index is 12.9. The molecule has 0 atom stereocenters. The number of hydrogen-bond acceptors (Lipinski definition) is 2. The van der Waals surface area contributed by atoms with E-state index in [0.717, 1.165) is 28.0 Å². The number of benzene rings is 2. The third-order valence-corrected chi connectivity index (χ3v) is 4.71. The summed E-state index contributed by atoms with van der Waals surface area (Å²) in [5.41, 5.74) is 6.05. The highest BCUT2D eigenvalue weighted by molar-refractivity contribution is 6.13. The van der Waals surface area contributed by atoms with Gasteiger partial charge in [-0.05, 0) is 29.0 Å². The fourth-order valence-corrected chi connectivity index (χ4v) is 3.52. The van der Waals surface area contributed by atoms with Gasteiger partial charge in [-0.15, -0.1) is 0 Å². The summed E-state index contributed by atoms with van der Waals surface area (Å²) in [6.07, 6.45) is 0. The molecule has 3 nitrogen and oxygen atoms in total. The number of aromatic nitrogens is 2. The number of imidazole rings is 1. The first-order chi connectivity index (χ1) is 11.0. The molecule has 0 unspecified atom stereocenters. The fraction of sp³-hybridized carbons (Fsp3) is 0.300. The zero-order valence-corrected chi connectivity index (χ0v) is 13.9. The molecule has 1 aromatic heterocycles. The van der Waals surface area contributed by atoms with Crippen LogP contribution in [-0.4, -0.2) is 15.5 Å². The van der Waals surface area contributed by atoms with Crippen LogP contribution < -0.4 is 0 Å². The molecule has 0 saturated heterocycles. The van der Waals surface area contributed by atoms with Crippen LogP contribution in [0.3, 0.4) is 0 Å². The molecular weight excluding hydrogens is 284 g/mol. The first kappa shape index (κ1) is 14.2. The van der Waals surface area contributed by atoms with E-state index >= 15 is 0 Å². The molecule has 0 fully saturated rings. The van der Waals surface area contributed by atoms with Gasteiger partial charge in [-0.25, -0.2) is 4.98 Å². The van der Waals surface area contributed by atoms with Crippen molar-refractivity contribution in [2.75, 3.05) is 0 Å². The number of fused-ring (bicyclic) bond motifs is 5. The smallest absolute Gasteiger partial charge is 0.264 e. The monoisotopic (exact) mass is 304 g/mol. The van der Waals surface area contributed by atoms with E-state index in [9.17, 15) is 4.79 Å². The van der Waals surface area contributed by atoms with E-state index in [4.69, 9.17) is 4.98 Å². The molecule has 0 amide bonds. The van der Waals surface area contributed by atoms with Crippen molar-refractivity contribution in [3.63, 3.8) is 0 Å². The molecule has 0 aliphatic carbocycles. The van der Waals surface area contributed by atoms with E-state index in [1.807, 2.05) is 28.8 Å². The highest BCUT2D eigenvalue weighted by Crippen LogP contribution is 2.39. The second-order valence-corrected chi connectivity index (χ2v) is 6.87. The predicted octanol–water partition coefficient (Wildman–Crippen LogP) is 4.95. The summed E-state index contributed by atoms with van der Waals surface area (Å²) >= 11 is 0. The van der Waals surface area contributed by atoms with Crippen LogP contribution in [0.5, 0.6) is 0 Å². The van der Waals surface area contributed by atoms with Crippen LogP contribution in [0.15, 0.2) is 36.4 Å². The Morgan fingerprint density at radius 1 is 0.870 bits per heavy atom. The van der Waals surface area contributed by atoms with E-state index in [-0.39, 0.29) is 5.91 Å². The van der Waals surface area contributed by atoms with Gasteiger partial charge in [-0.3, -0.25) is 9.36 Å². The Hall–Kier alpha value is -2.42. The van der Waals surface area contributed by atoms with E-state index < -0.39 is 0 Å². The maximum atomic E-state index is 12.9. The molecule has 1 aliphatic rings. The highest BCUT2D eigenvalue weighted by Gasteiger charge is 2.32. The first-order valence-corrected chi connectivity index (χ1v) is 8.20. The van der Waals surface area contributed by atoms with Crippen LogP contribution in [0.25, 0.3) is 22.4 Å². The molecule has 116 valence electrons. The lowest BCUT2D eigenvalue weighted by Crippen LogP contribution is -2.08. The van der Waals surface area contributed by atoms with E-state index in [2.05, 4.69) is 39.8 Å². The topological polar surface area (TPSA) is 34.9 Å². The molecule has 0 spiro atoms. The summed E-state index contributed by atoms with van der Waals surface area (Å²) in [5.74, 6) is 1.55. The second kappa shape index (κ2) is 4.79. The van der Waals surface area contributed by atoms with Crippen molar-refractivity contribution in [2.45, 2.75) is 39.5 Å². The molecule has 2 aromatic carbocycles. The normalized spacial score (nSPS) is 13.2. The van der Waals surface area contributed by atoms with Crippen LogP contribution in [0.4, 0.5) is 0 Å². The van der Waals surface area contributed by atoms with Crippen molar-refractivity contribution >= 4 is 16.9 Å². The van der Waals surface area contributed by atoms with Crippen LogP contribution in [0, 0.1) is 0 Å². The molecule has 4 rings (SSSR count). The average Bonchev–Trinajstić information content (AvgIpc) is 3.03. The van der Waals surface area contributed by atoms with Crippen LogP contribution in [-0.2, 0) is 0 Å². The summed E-state index contributed by atoms with van der Waals surface area (Å²) in [7, 11) is 0. The van der Waals surface area contributed by atoms with Gasteiger partial charge in [-0.2, -0.15) is 0 Å². The van der Waals surface area contributed by atoms with Gasteiger partial charge in [0.05, 0.1) is 16.6 Å². The first-order valence-electron chi connectivity index (χ1n) is 8.20. The Morgan fingerprint density at radius 2 is 1.48 bits per heavy atom. The van der Waals surface area contributed by atoms with Gasteiger partial charge >= 0.3 is 0 Å². The van der Waals surface area contributed by atoms with E-state index in [0.29, 0.717) is 11.8 Å². The molecule has 3 heteroatoms. The highest BCUT2D eigenvalue weighted by atomic mass is 16.2. The van der Waals surface area contributed by atoms with Gasteiger partial charge in [0.25, 0.3) is 5.91 Å². The number of carbonyl (C=O) groups excluding carboxylic acids is 1.